The van der Waals surface area contributed by atoms with Crippen LogP contribution in [0.1, 0.15) is 130 Å². The molecular weight excluding hydrogens is 702 g/mol. The molecule has 2 aromatic carbocycles. The van der Waals surface area contributed by atoms with Crippen molar-refractivity contribution in [2.45, 2.75) is 119 Å². The van der Waals surface area contributed by atoms with E-state index >= 15 is 0 Å². The number of hydrogen-bond donors (Lipinski definition) is 8. The van der Waals surface area contributed by atoms with E-state index in [9.17, 15) is 24.0 Å². The minimum atomic E-state index is -0.869. The first-order valence-electron chi connectivity index (χ1n) is 19.0. The number of carbonyl (C=O) groups is 5. The van der Waals surface area contributed by atoms with Crippen LogP contribution < -0.4 is 28.7 Å². The van der Waals surface area contributed by atoms with E-state index in [0.717, 1.165) is 19.3 Å². The van der Waals surface area contributed by atoms with Crippen LogP contribution in [0.5, 0.6) is 0 Å². The topological polar surface area (TPSA) is 276 Å². The summed E-state index contributed by atoms with van der Waals surface area (Å²) in [5.41, 5.74) is 29.0. The number of hydrogen-bond acceptors (Lipinski definition) is 8. The van der Waals surface area contributed by atoms with Gasteiger partial charge in [-0.05, 0) is 86.3 Å². The first-order chi connectivity index (χ1) is 25.5. The number of nitrogens with two attached hydrogens (primary N) is 5. The molecule has 13 heteroatoms. The Hall–Kier alpha value is -4.33. The number of carboxylic acids is 3. The number of carbonyl (C=O) groups excluding carboxylic acids is 2. The molecular formula is C42H73N5O8. The Labute approximate surface area is 329 Å². The van der Waals surface area contributed by atoms with Crippen molar-refractivity contribution in [1.82, 2.24) is 0 Å². The van der Waals surface area contributed by atoms with Crippen molar-refractivity contribution in [3.05, 3.63) is 71.8 Å². The molecule has 0 bridgehead atoms. The Kier molecular flexibility index (Phi) is 33.1. The Morgan fingerprint density at radius 2 is 0.727 bits per heavy atom. The molecule has 1 unspecified atom stereocenters. The normalized spacial score (nSPS) is 13.1. The summed E-state index contributed by atoms with van der Waals surface area (Å²) in [4.78, 5) is 52.3. The zero-order valence-electron chi connectivity index (χ0n) is 34.5. The molecule has 0 aromatic heterocycles. The van der Waals surface area contributed by atoms with Gasteiger partial charge in [-0.1, -0.05) is 102 Å². The predicted octanol–water partition coefficient (Wildman–Crippen LogP) is 6.49. The Morgan fingerprint density at radius 1 is 0.473 bits per heavy atom. The molecule has 0 saturated carbocycles. The summed E-state index contributed by atoms with van der Waals surface area (Å²) in [6, 6.07) is 20.4. The predicted molar refractivity (Wildman–Crippen MR) is 220 cm³/mol. The van der Waals surface area contributed by atoms with E-state index < -0.39 is 29.7 Å². The van der Waals surface area contributed by atoms with Crippen LogP contribution in [0.15, 0.2) is 60.7 Å². The number of primary amides is 2. The van der Waals surface area contributed by atoms with E-state index in [4.69, 9.17) is 44.0 Å². The SMILES string of the molecule is CC(C)CC(CC(N)=O)CC(=O)O.CC(C)C[C@H](CC(N)=O)CC(=O)O.CC(C)C[C@H](CN)CC(=O)O.C[C@@H](N)c1ccccc1.C[C@@H](N)c1ccccc1. The fourth-order valence-electron chi connectivity index (χ4n) is 5.56. The third kappa shape index (κ3) is 39.2. The largest absolute Gasteiger partial charge is 0.481 e. The van der Waals surface area contributed by atoms with Crippen LogP contribution in [0.3, 0.4) is 0 Å². The van der Waals surface area contributed by atoms with E-state index in [1.165, 1.54) is 11.1 Å². The second-order valence-electron chi connectivity index (χ2n) is 15.3. The zero-order chi connectivity index (χ0) is 43.1. The van der Waals surface area contributed by atoms with Gasteiger partial charge in [0.05, 0.1) is 0 Å². The molecule has 2 rings (SSSR count). The molecule has 0 fully saturated rings. The first kappa shape index (κ1) is 55.0. The van der Waals surface area contributed by atoms with Crippen molar-refractivity contribution in [3.8, 4) is 0 Å². The molecule has 0 saturated heterocycles. The maximum atomic E-state index is 10.6. The molecule has 0 aliphatic rings. The number of benzene rings is 2. The summed E-state index contributed by atoms with van der Waals surface area (Å²) >= 11 is 0. The van der Waals surface area contributed by atoms with E-state index in [0.29, 0.717) is 24.3 Å². The zero-order valence-corrected chi connectivity index (χ0v) is 34.5. The number of aliphatic carboxylic acids is 3. The van der Waals surface area contributed by atoms with Crippen LogP contribution in [0.25, 0.3) is 0 Å². The first-order valence-corrected chi connectivity index (χ1v) is 19.0. The average molecular weight is 776 g/mol. The molecule has 13 N–H and O–H groups in total. The quantitative estimate of drug-likeness (QED) is 0.0763. The van der Waals surface area contributed by atoms with E-state index in [-0.39, 0.29) is 61.9 Å². The number of carboxylic acid groups (broad SMARTS) is 3. The summed E-state index contributed by atoms with van der Waals surface area (Å²) in [5, 5.41) is 25.6. The van der Waals surface area contributed by atoms with Gasteiger partial charge in [0, 0.05) is 44.2 Å². The molecule has 55 heavy (non-hydrogen) atoms. The van der Waals surface area contributed by atoms with Crippen LogP contribution in [0, 0.1) is 35.5 Å². The van der Waals surface area contributed by atoms with Crippen molar-refractivity contribution < 1.29 is 39.3 Å². The van der Waals surface area contributed by atoms with E-state index in [1.54, 1.807) is 0 Å². The standard InChI is InChI=1S/2C9H17NO3.C8H17NO2.2C8H11N/c2*1-6(2)3-7(4-8(10)11)5-9(12)13;1-6(2)3-7(5-9)4-8(10)11;2*1-7(9)8-5-3-2-4-6-8/h2*6-7H,3-5H2,1-2H3,(H2,10,11)(H,12,13);6-7H,3-5,9H2,1-2H3,(H,10,11);2*2-7H,9H2,1H3/t7-;;3*7-/m1.011/s1. The number of amides is 2. The Bertz CT molecular complexity index is 1190. The minimum absolute atomic E-state index is 0.0289. The maximum absolute atomic E-state index is 10.6. The lowest BCUT2D eigenvalue weighted by molar-refractivity contribution is -0.139. The van der Waals surface area contributed by atoms with Crippen molar-refractivity contribution in [2.75, 3.05) is 6.54 Å². The molecule has 2 amide bonds. The van der Waals surface area contributed by atoms with E-state index in [1.807, 2.05) is 102 Å². The van der Waals surface area contributed by atoms with Gasteiger partial charge in [-0.2, -0.15) is 0 Å². The van der Waals surface area contributed by atoms with Crippen molar-refractivity contribution in [3.63, 3.8) is 0 Å². The third-order valence-corrected chi connectivity index (χ3v) is 7.77. The smallest absolute Gasteiger partial charge is 0.303 e. The highest BCUT2D eigenvalue weighted by Gasteiger charge is 2.18. The molecule has 0 aliphatic carbocycles. The molecule has 0 aliphatic heterocycles. The van der Waals surface area contributed by atoms with Crippen LogP contribution in [0.2, 0.25) is 0 Å². The van der Waals surface area contributed by atoms with Gasteiger partial charge < -0.3 is 44.0 Å². The average Bonchev–Trinajstić information content (AvgIpc) is 3.04. The highest BCUT2D eigenvalue weighted by molar-refractivity contribution is 5.76. The molecule has 0 heterocycles. The maximum Gasteiger partial charge on any atom is 0.303 e. The van der Waals surface area contributed by atoms with Gasteiger partial charge >= 0.3 is 17.9 Å². The third-order valence-electron chi connectivity index (χ3n) is 7.77. The highest BCUT2D eigenvalue weighted by Crippen LogP contribution is 2.20. The molecule has 5 atom stereocenters. The Balaban J connectivity index is -0.000000619. The minimum Gasteiger partial charge on any atom is -0.481 e. The van der Waals surface area contributed by atoms with Gasteiger partial charge in [0.25, 0.3) is 0 Å². The van der Waals surface area contributed by atoms with Gasteiger partial charge in [0.15, 0.2) is 0 Å². The summed E-state index contributed by atoms with van der Waals surface area (Å²) in [5.74, 6) is -2.11. The molecule has 0 radical (unpaired) electrons. The second-order valence-corrected chi connectivity index (χ2v) is 15.3. The van der Waals surface area contributed by atoms with Gasteiger partial charge in [-0.15, -0.1) is 0 Å². The molecule has 314 valence electrons. The summed E-state index contributed by atoms with van der Waals surface area (Å²) in [6.45, 7) is 16.6. The van der Waals surface area contributed by atoms with Crippen molar-refractivity contribution in [2.24, 2.45) is 64.2 Å². The van der Waals surface area contributed by atoms with Crippen LogP contribution in [0.4, 0.5) is 0 Å². The van der Waals surface area contributed by atoms with E-state index in [2.05, 4.69) is 13.8 Å². The lowest BCUT2D eigenvalue weighted by Gasteiger charge is -2.14. The van der Waals surface area contributed by atoms with Crippen LogP contribution >= 0.6 is 0 Å². The fourth-order valence-corrected chi connectivity index (χ4v) is 5.56. The lowest BCUT2D eigenvalue weighted by Crippen LogP contribution is -2.19. The van der Waals surface area contributed by atoms with Crippen LogP contribution in [-0.4, -0.2) is 51.6 Å². The van der Waals surface area contributed by atoms with Crippen LogP contribution in [-0.2, 0) is 24.0 Å². The Morgan fingerprint density at radius 3 is 0.909 bits per heavy atom. The van der Waals surface area contributed by atoms with Gasteiger partial charge in [-0.3, -0.25) is 24.0 Å². The fraction of sp³-hybridized carbons (Fsp3) is 0.595. The number of rotatable bonds is 19. The highest BCUT2D eigenvalue weighted by atomic mass is 16.4. The summed E-state index contributed by atoms with van der Waals surface area (Å²) in [7, 11) is 0. The van der Waals surface area contributed by atoms with Gasteiger partial charge in [-0.25, -0.2) is 0 Å². The molecule has 13 nitrogen and oxygen atoms in total. The monoisotopic (exact) mass is 776 g/mol. The molecule has 0 spiro atoms. The van der Waals surface area contributed by atoms with Gasteiger partial charge in [0.2, 0.25) is 11.8 Å². The van der Waals surface area contributed by atoms with Gasteiger partial charge in [0.1, 0.15) is 0 Å². The summed E-state index contributed by atoms with van der Waals surface area (Å²) in [6.07, 6.45) is 2.97. The second kappa shape index (κ2) is 33.0. The lowest BCUT2D eigenvalue weighted by atomic mass is 9.91. The molecule has 2 aromatic rings. The van der Waals surface area contributed by atoms with Crippen molar-refractivity contribution >= 4 is 29.7 Å². The summed E-state index contributed by atoms with van der Waals surface area (Å²) < 4.78 is 0. The van der Waals surface area contributed by atoms with Crippen molar-refractivity contribution in [1.29, 1.82) is 0 Å².